The number of hydrogen-bond donors (Lipinski definition) is 1. The van der Waals surface area contributed by atoms with E-state index in [4.69, 9.17) is 4.74 Å². The van der Waals surface area contributed by atoms with E-state index in [1.54, 1.807) is 0 Å². The highest BCUT2D eigenvalue weighted by Gasteiger charge is 2.54. The number of piperidine rings is 1. The molecule has 2 fully saturated rings. The first-order chi connectivity index (χ1) is 11.3. The Bertz CT molecular complexity index is 575. The van der Waals surface area contributed by atoms with Gasteiger partial charge in [0.15, 0.2) is 0 Å². The molecule has 1 aromatic carbocycles. The maximum absolute atomic E-state index is 12.2. The van der Waals surface area contributed by atoms with Gasteiger partial charge in [-0.1, -0.05) is 37.3 Å². The Morgan fingerprint density at radius 3 is 2.54 bits per heavy atom. The lowest BCUT2D eigenvalue weighted by Gasteiger charge is -2.43. The number of carbonyl (C=O) groups is 1. The van der Waals surface area contributed by atoms with Gasteiger partial charge in [-0.15, -0.1) is 0 Å². The Labute approximate surface area is 145 Å². The monoisotopic (exact) mass is 330 g/mol. The predicted octanol–water partition coefficient (Wildman–Crippen LogP) is 3.81. The zero-order valence-electron chi connectivity index (χ0n) is 15.3. The van der Waals surface area contributed by atoms with Crippen molar-refractivity contribution < 1.29 is 9.53 Å². The summed E-state index contributed by atoms with van der Waals surface area (Å²) in [5.41, 5.74) is 1.26. The van der Waals surface area contributed by atoms with Crippen LogP contribution in [0.2, 0.25) is 0 Å². The Kier molecular flexibility index (Phi) is 4.60. The molecule has 2 unspecified atom stereocenters. The van der Waals surface area contributed by atoms with Crippen LogP contribution >= 0.6 is 0 Å². The summed E-state index contributed by atoms with van der Waals surface area (Å²) in [5.74, 6) is 0.497. The lowest BCUT2D eigenvalue weighted by atomic mass is 9.80. The minimum absolute atomic E-state index is 0.153. The van der Waals surface area contributed by atoms with Crippen molar-refractivity contribution in [2.24, 2.45) is 11.3 Å². The largest absolute Gasteiger partial charge is 0.444 e. The van der Waals surface area contributed by atoms with Crippen molar-refractivity contribution in [2.45, 2.75) is 58.7 Å². The minimum Gasteiger partial charge on any atom is -0.444 e. The Morgan fingerprint density at radius 1 is 1.29 bits per heavy atom. The molecule has 1 aliphatic heterocycles. The van der Waals surface area contributed by atoms with Crippen molar-refractivity contribution in [1.82, 2.24) is 10.2 Å². The highest BCUT2D eigenvalue weighted by atomic mass is 16.6. The zero-order chi connectivity index (χ0) is 17.4. The van der Waals surface area contributed by atoms with Crippen LogP contribution in [0, 0.1) is 11.3 Å². The van der Waals surface area contributed by atoms with Gasteiger partial charge in [0, 0.05) is 25.7 Å². The number of ether oxygens (including phenoxy) is 1. The second-order valence-corrected chi connectivity index (χ2v) is 8.56. The molecular formula is C20H30N2O2. The van der Waals surface area contributed by atoms with Crippen LogP contribution in [0.1, 0.15) is 46.1 Å². The van der Waals surface area contributed by atoms with E-state index in [0.717, 1.165) is 19.6 Å². The molecule has 0 aromatic heterocycles. The lowest BCUT2D eigenvalue weighted by molar-refractivity contribution is 0.0320. The van der Waals surface area contributed by atoms with Crippen LogP contribution in [-0.4, -0.2) is 35.7 Å². The van der Waals surface area contributed by atoms with Gasteiger partial charge in [-0.2, -0.15) is 0 Å². The van der Waals surface area contributed by atoms with Crippen LogP contribution in [0.5, 0.6) is 0 Å². The molecule has 3 rings (SSSR count). The molecule has 4 nitrogen and oxygen atoms in total. The first-order valence-corrected chi connectivity index (χ1v) is 9.03. The molecule has 2 aliphatic rings. The summed E-state index contributed by atoms with van der Waals surface area (Å²) in [6.45, 7) is 11.0. The zero-order valence-corrected chi connectivity index (χ0v) is 15.3. The average molecular weight is 330 g/mol. The fraction of sp³-hybridized carbons (Fsp3) is 0.650. The topological polar surface area (TPSA) is 41.6 Å². The van der Waals surface area contributed by atoms with E-state index in [9.17, 15) is 4.79 Å². The highest BCUT2D eigenvalue weighted by molar-refractivity contribution is 5.68. The summed E-state index contributed by atoms with van der Waals surface area (Å²) < 4.78 is 5.46. The number of benzene rings is 1. The van der Waals surface area contributed by atoms with Gasteiger partial charge in [-0.3, -0.25) is 4.90 Å². The van der Waals surface area contributed by atoms with Crippen molar-refractivity contribution in [1.29, 1.82) is 0 Å². The second kappa shape index (κ2) is 6.40. The second-order valence-electron chi connectivity index (χ2n) is 8.56. The van der Waals surface area contributed by atoms with Crippen molar-refractivity contribution in [3.05, 3.63) is 35.9 Å². The molecule has 1 saturated carbocycles. The molecule has 1 saturated heterocycles. The molecule has 132 valence electrons. The Morgan fingerprint density at radius 2 is 1.96 bits per heavy atom. The molecule has 24 heavy (non-hydrogen) atoms. The molecule has 1 heterocycles. The Balaban J connectivity index is 1.66. The van der Waals surface area contributed by atoms with Crippen molar-refractivity contribution >= 4 is 6.09 Å². The van der Waals surface area contributed by atoms with E-state index < -0.39 is 5.60 Å². The first kappa shape index (κ1) is 17.3. The smallest absolute Gasteiger partial charge is 0.407 e. The maximum Gasteiger partial charge on any atom is 0.407 e. The number of amides is 1. The molecule has 1 aliphatic carbocycles. The third-order valence-corrected chi connectivity index (χ3v) is 5.41. The maximum atomic E-state index is 12.2. The van der Waals surface area contributed by atoms with E-state index in [1.165, 1.54) is 18.4 Å². The number of alkyl carbamates (subject to hydrolysis) is 1. The first-order valence-electron chi connectivity index (χ1n) is 9.03. The molecule has 0 radical (unpaired) electrons. The van der Waals surface area contributed by atoms with Crippen LogP contribution in [0.3, 0.4) is 0 Å². The van der Waals surface area contributed by atoms with Gasteiger partial charge < -0.3 is 10.1 Å². The van der Waals surface area contributed by atoms with Crippen molar-refractivity contribution in [3.63, 3.8) is 0 Å². The summed E-state index contributed by atoms with van der Waals surface area (Å²) in [4.78, 5) is 14.7. The van der Waals surface area contributed by atoms with Crippen LogP contribution in [0.25, 0.3) is 0 Å². The van der Waals surface area contributed by atoms with E-state index in [-0.39, 0.29) is 12.1 Å². The SMILES string of the molecule is CC1C(NC(=O)OC(C)(C)C)CN(Cc2ccccc2)CC12CC2. The molecule has 0 bridgehead atoms. The molecular weight excluding hydrogens is 300 g/mol. The summed E-state index contributed by atoms with van der Waals surface area (Å²) in [6.07, 6.45) is 2.24. The lowest BCUT2D eigenvalue weighted by Crippen LogP contribution is -2.56. The number of hydrogen-bond acceptors (Lipinski definition) is 3. The molecule has 1 amide bonds. The normalized spacial score (nSPS) is 26.2. The quantitative estimate of drug-likeness (QED) is 0.916. The third kappa shape index (κ3) is 4.10. The summed E-state index contributed by atoms with van der Waals surface area (Å²) >= 11 is 0. The van der Waals surface area contributed by atoms with Gasteiger partial charge in [0.25, 0.3) is 0 Å². The van der Waals surface area contributed by atoms with Gasteiger partial charge in [-0.05, 0) is 50.5 Å². The highest BCUT2D eigenvalue weighted by Crippen LogP contribution is 2.55. The van der Waals surface area contributed by atoms with Gasteiger partial charge >= 0.3 is 6.09 Å². The van der Waals surface area contributed by atoms with E-state index in [2.05, 4.69) is 47.5 Å². The molecule has 4 heteroatoms. The molecule has 1 spiro atoms. The number of nitrogens with zero attached hydrogens (tertiary/aromatic N) is 1. The molecule has 1 aromatic rings. The van der Waals surface area contributed by atoms with E-state index in [1.807, 2.05) is 20.8 Å². The molecule has 2 atom stereocenters. The average Bonchev–Trinajstić information content (AvgIpc) is 3.24. The van der Waals surface area contributed by atoms with E-state index in [0.29, 0.717) is 11.3 Å². The van der Waals surface area contributed by atoms with Crippen LogP contribution < -0.4 is 5.32 Å². The number of nitrogens with one attached hydrogen (secondary N) is 1. The van der Waals surface area contributed by atoms with Crippen molar-refractivity contribution in [2.75, 3.05) is 13.1 Å². The van der Waals surface area contributed by atoms with Crippen LogP contribution in [0.15, 0.2) is 30.3 Å². The fourth-order valence-electron chi connectivity index (χ4n) is 3.88. The molecule has 1 N–H and O–H groups in total. The summed E-state index contributed by atoms with van der Waals surface area (Å²) in [5, 5.41) is 3.13. The van der Waals surface area contributed by atoms with Gasteiger partial charge in [-0.25, -0.2) is 4.79 Å². The minimum atomic E-state index is -0.455. The number of rotatable bonds is 3. The van der Waals surface area contributed by atoms with Gasteiger partial charge in [0.1, 0.15) is 5.60 Å². The third-order valence-electron chi connectivity index (χ3n) is 5.41. The van der Waals surface area contributed by atoms with Crippen LogP contribution in [0.4, 0.5) is 4.79 Å². The van der Waals surface area contributed by atoms with Crippen LogP contribution in [-0.2, 0) is 11.3 Å². The Hall–Kier alpha value is -1.55. The summed E-state index contributed by atoms with van der Waals surface area (Å²) in [6, 6.07) is 10.7. The number of carbonyl (C=O) groups excluding carboxylic acids is 1. The van der Waals surface area contributed by atoms with Gasteiger partial charge in [0.2, 0.25) is 0 Å². The predicted molar refractivity (Wildman–Crippen MR) is 95.7 cm³/mol. The van der Waals surface area contributed by atoms with Crippen molar-refractivity contribution in [3.8, 4) is 0 Å². The summed E-state index contributed by atoms with van der Waals surface area (Å²) in [7, 11) is 0. The number of likely N-dealkylation sites (tertiary alicyclic amines) is 1. The standard InChI is InChI=1S/C20H30N2O2/c1-15-17(21-18(23)24-19(2,3)4)13-22(14-20(15)10-11-20)12-16-8-6-5-7-9-16/h5-9,15,17H,10-14H2,1-4H3,(H,21,23). The van der Waals surface area contributed by atoms with E-state index >= 15 is 0 Å². The van der Waals surface area contributed by atoms with Gasteiger partial charge in [0.05, 0.1) is 0 Å². The fourth-order valence-corrected chi connectivity index (χ4v) is 3.88.